The minimum absolute atomic E-state index is 0.150. The van der Waals surface area contributed by atoms with Gasteiger partial charge in [0.25, 0.3) is 0 Å². The molecule has 1 amide bonds. The lowest BCUT2D eigenvalue weighted by molar-refractivity contribution is -0.122. The average Bonchev–Trinajstić information content (AvgIpc) is 2.87. The molecule has 0 N–H and O–H groups in total. The molecule has 2 nitrogen and oxygen atoms in total. The van der Waals surface area contributed by atoms with Crippen LogP contribution >= 0.6 is 11.6 Å². The van der Waals surface area contributed by atoms with Crippen LogP contribution in [0.4, 0.5) is 5.69 Å². The van der Waals surface area contributed by atoms with Crippen LogP contribution in [0.25, 0.3) is 0 Å². The first-order chi connectivity index (χ1) is 12.6. The Morgan fingerprint density at radius 2 is 1.38 bits per heavy atom. The van der Waals surface area contributed by atoms with Crippen LogP contribution in [0.15, 0.2) is 78.9 Å². The summed E-state index contributed by atoms with van der Waals surface area (Å²) in [4.78, 5) is 15.3. The highest BCUT2D eigenvalue weighted by molar-refractivity contribution is 6.30. The van der Waals surface area contributed by atoms with Gasteiger partial charge in [0.15, 0.2) is 0 Å². The number of carbonyl (C=O) groups is 1. The lowest BCUT2D eigenvalue weighted by Gasteiger charge is -2.29. The third-order valence-electron chi connectivity index (χ3n) is 5.26. The van der Waals surface area contributed by atoms with E-state index in [0.717, 1.165) is 16.8 Å². The van der Waals surface area contributed by atoms with Crippen molar-refractivity contribution in [3.63, 3.8) is 0 Å². The van der Waals surface area contributed by atoms with Crippen LogP contribution in [-0.2, 0) is 23.1 Å². The number of likely N-dealkylation sites (N-methyl/N-ethyl adjacent to an activating group) is 1. The van der Waals surface area contributed by atoms with E-state index in [9.17, 15) is 4.79 Å². The van der Waals surface area contributed by atoms with Gasteiger partial charge in [0.05, 0.1) is 5.41 Å². The molecule has 3 aromatic carbocycles. The van der Waals surface area contributed by atoms with Crippen molar-refractivity contribution < 1.29 is 4.79 Å². The number of hydrogen-bond acceptors (Lipinski definition) is 1. The number of para-hydroxylation sites is 1. The molecule has 0 spiro atoms. The summed E-state index contributed by atoms with van der Waals surface area (Å²) in [6.07, 6.45) is 1.33. The molecule has 1 aliphatic heterocycles. The molecule has 0 radical (unpaired) electrons. The molecule has 1 atom stereocenters. The summed E-state index contributed by atoms with van der Waals surface area (Å²) in [5, 5.41) is 0.709. The molecule has 3 aromatic rings. The van der Waals surface area contributed by atoms with E-state index in [1.54, 1.807) is 4.90 Å². The van der Waals surface area contributed by atoms with Gasteiger partial charge in [0, 0.05) is 17.8 Å². The lowest BCUT2D eigenvalue weighted by atomic mass is 9.72. The quantitative estimate of drug-likeness (QED) is 0.637. The van der Waals surface area contributed by atoms with Crippen molar-refractivity contribution in [3.8, 4) is 0 Å². The van der Waals surface area contributed by atoms with Crippen molar-refractivity contribution in [2.24, 2.45) is 0 Å². The van der Waals surface area contributed by atoms with E-state index in [1.165, 1.54) is 5.56 Å². The molecule has 0 aromatic heterocycles. The first-order valence-electron chi connectivity index (χ1n) is 8.76. The van der Waals surface area contributed by atoms with Crippen LogP contribution < -0.4 is 4.90 Å². The lowest BCUT2D eigenvalue weighted by Crippen LogP contribution is -2.42. The fourth-order valence-electron chi connectivity index (χ4n) is 4.02. The fraction of sp³-hybridized carbons (Fsp3) is 0.174. The van der Waals surface area contributed by atoms with Gasteiger partial charge in [-0.2, -0.15) is 0 Å². The highest BCUT2D eigenvalue weighted by Crippen LogP contribution is 2.45. The van der Waals surface area contributed by atoms with Crippen LogP contribution in [0.5, 0.6) is 0 Å². The minimum Gasteiger partial charge on any atom is -0.314 e. The van der Waals surface area contributed by atoms with Gasteiger partial charge in [-0.15, -0.1) is 0 Å². The predicted molar refractivity (Wildman–Crippen MR) is 107 cm³/mol. The molecule has 0 bridgehead atoms. The largest absolute Gasteiger partial charge is 0.314 e. The van der Waals surface area contributed by atoms with Gasteiger partial charge in [-0.25, -0.2) is 0 Å². The Bertz CT molecular complexity index is 936. The van der Waals surface area contributed by atoms with Gasteiger partial charge < -0.3 is 4.90 Å². The average molecular weight is 362 g/mol. The zero-order valence-corrected chi connectivity index (χ0v) is 15.4. The Labute approximate surface area is 159 Å². The van der Waals surface area contributed by atoms with Crippen LogP contribution in [-0.4, -0.2) is 13.0 Å². The number of amides is 1. The summed E-state index contributed by atoms with van der Waals surface area (Å²) < 4.78 is 0. The van der Waals surface area contributed by atoms with E-state index in [4.69, 9.17) is 11.6 Å². The van der Waals surface area contributed by atoms with Crippen molar-refractivity contribution in [1.82, 2.24) is 0 Å². The van der Waals surface area contributed by atoms with E-state index in [0.29, 0.717) is 17.9 Å². The van der Waals surface area contributed by atoms with Crippen molar-refractivity contribution in [2.75, 3.05) is 11.9 Å². The second kappa shape index (κ2) is 6.62. The molecular formula is C23H20ClNO. The number of fused-ring (bicyclic) bond motifs is 1. The van der Waals surface area contributed by atoms with Crippen molar-refractivity contribution in [1.29, 1.82) is 0 Å². The fourth-order valence-corrected chi connectivity index (χ4v) is 4.14. The van der Waals surface area contributed by atoms with Gasteiger partial charge in [-0.1, -0.05) is 72.3 Å². The minimum atomic E-state index is -0.597. The molecular weight excluding hydrogens is 342 g/mol. The number of benzene rings is 3. The number of nitrogens with zero attached hydrogens (tertiary/aromatic N) is 1. The number of halogens is 1. The summed E-state index contributed by atoms with van der Waals surface area (Å²) in [6, 6.07) is 26.2. The molecule has 3 heteroatoms. The molecule has 0 aliphatic carbocycles. The summed E-state index contributed by atoms with van der Waals surface area (Å²) in [6.45, 7) is 0. The summed E-state index contributed by atoms with van der Waals surface area (Å²) >= 11 is 6.05. The van der Waals surface area contributed by atoms with Crippen molar-refractivity contribution >= 4 is 23.2 Å². The second-order valence-corrected chi connectivity index (χ2v) is 7.37. The number of rotatable bonds is 4. The first kappa shape index (κ1) is 16.9. The molecule has 4 rings (SSSR count). The number of hydrogen-bond donors (Lipinski definition) is 0. The summed E-state index contributed by atoms with van der Waals surface area (Å²) in [5.41, 5.74) is 3.79. The predicted octanol–water partition coefficient (Wildman–Crippen LogP) is 5.04. The Morgan fingerprint density at radius 1 is 0.808 bits per heavy atom. The van der Waals surface area contributed by atoms with Crippen LogP contribution in [0.1, 0.15) is 16.7 Å². The summed E-state index contributed by atoms with van der Waals surface area (Å²) in [5.74, 6) is 0.150. The molecule has 130 valence electrons. The van der Waals surface area contributed by atoms with E-state index < -0.39 is 5.41 Å². The van der Waals surface area contributed by atoms with E-state index in [2.05, 4.69) is 18.2 Å². The molecule has 1 unspecified atom stereocenters. The number of anilines is 1. The molecule has 26 heavy (non-hydrogen) atoms. The van der Waals surface area contributed by atoms with Gasteiger partial charge in [0.2, 0.25) is 5.91 Å². The highest BCUT2D eigenvalue weighted by Gasteiger charge is 2.49. The third-order valence-corrected chi connectivity index (χ3v) is 5.51. The van der Waals surface area contributed by atoms with Gasteiger partial charge >= 0.3 is 0 Å². The monoisotopic (exact) mass is 361 g/mol. The standard InChI is InChI=1S/C23H20ClNO/c1-25-21-10-6-5-9-20(21)23(22(25)26,15-17-7-3-2-4-8-17)16-18-11-13-19(24)14-12-18/h2-14H,15-16H2,1H3. The molecule has 0 saturated heterocycles. The van der Waals surface area contributed by atoms with Crippen molar-refractivity contribution in [3.05, 3.63) is 101 Å². The third kappa shape index (κ3) is 2.81. The second-order valence-electron chi connectivity index (χ2n) is 6.93. The Morgan fingerprint density at radius 3 is 2.08 bits per heavy atom. The topological polar surface area (TPSA) is 20.3 Å². The number of carbonyl (C=O) groups excluding carboxylic acids is 1. The highest BCUT2D eigenvalue weighted by atomic mass is 35.5. The van der Waals surface area contributed by atoms with E-state index in [1.807, 2.05) is 67.7 Å². The zero-order chi connectivity index (χ0) is 18.1. The maximum Gasteiger partial charge on any atom is 0.238 e. The zero-order valence-electron chi connectivity index (χ0n) is 14.7. The molecule has 1 heterocycles. The molecule has 0 fully saturated rings. The van der Waals surface area contributed by atoms with Gasteiger partial charge in [-0.3, -0.25) is 4.79 Å². The SMILES string of the molecule is CN1C(=O)C(Cc2ccccc2)(Cc2ccc(Cl)cc2)c2ccccc21. The molecule has 0 saturated carbocycles. The smallest absolute Gasteiger partial charge is 0.238 e. The van der Waals surface area contributed by atoms with E-state index >= 15 is 0 Å². The Kier molecular flexibility index (Phi) is 4.29. The molecule has 1 aliphatic rings. The first-order valence-corrected chi connectivity index (χ1v) is 9.14. The van der Waals surface area contributed by atoms with Crippen LogP contribution in [0, 0.1) is 0 Å². The van der Waals surface area contributed by atoms with Crippen LogP contribution in [0.3, 0.4) is 0 Å². The van der Waals surface area contributed by atoms with Gasteiger partial charge in [-0.05, 0) is 47.7 Å². The van der Waals surface area contributed by atoms with Crippen molar-refractivity contribution in [2.45, 2.75) is 18.3 Å². The Hall–Kier alpha value is -2.58. The van der Waals surface area contributed by atoms with E-state index in [-0.39, 0.29) is 5.91 Å². The maximum absolute atomic E-state index is 13.5. The normalized spacial score (nSPS) is 18.8. The van der Waals surface area contributed by atoms with Crippen LogP contribution in [0.2, 0.25) is 5.02 Å². The van der Waals surface area contributed by atoms with Gasteiger partial charge in [0.1, 0.15) is 0 Å². The summed E-state index contributed by atoms with van der Waals surface area (Å²) in [7, 11) is 1.87. The maximum atomic E-state index is 13.5. The Balaban J connectivity index is 1.84.